The van der Waals surface area contributed by atoms with E-state index in [1.807, 2.05) is 30.5 Å². The lowest BCUT2D eigenvalue weighted by molar-refractivity contribution is -0.130. The van der Waals surface area contributed by atoms with Crippen LogP contribution in [0.2, 0.25) is 0 Å². The lowest BCUT2D eigenvalue weighted by Crippen LogP contribution is -2.38. The van der Waals surface area contributed by atoms with Gasteiger partial charge in [0.2, 0.25) is 5.91 Å². The van der Waals surface area contributed by atoms with Crippen molar-refractivity contribution in [3.8, 4) is 0 Å². The maximum Gasteiger partial charge on any atom is 0.325 e. The van der Waals surface area contributed by atoms with Gasteiger partial charge in [-0.2, -0.15) is 0 Å². The molecule has 1 saturated heterocycles. The number of hydrogen-bond donors (Lipinski definition) is 3. The first-order valence-electron chi connectivity index (χ1n) is 8.73. The number of imide groups is 1. The highest BCUT2D eigenvalue weighted by Gasteiger charge is 2.39. The van der Waals surface area contributed by atoms with Crippen LogP contribution in [0.4, 0.5) is 10.5 Å². The van der Waals surface area contributed by atoms with Crippen molar-refractivity contribution in [3.63, 3.8) is 0 Å². The number of amides is 4. The number of rotatable bonds is 5. The van der Waals surface area contributed by atoms with Crippen molar-refractivity contribution in [2.75, 3.05) is 11.9 Å². The summed E-state index contributed by atoms with van der Waals surface area (Å²) in [6, 6.07) is 13.6. The molecule has 4 rings (SSSR count). The second kappa shape index (κ2) is 7.47. The van der Waals surface area contributed by atoms with Crippen LogP contribution in [0.15, 0.2) is 59.2 Å². The third-order valence-corrected chi connectivity index (χ3v) is 5.16. The standard InChI is InChI=1S/C20H17BrN4O3/c21-13-5-7-14(8-6-13)23-18(26)11-25-19(27)17(24-20(25)28)9-12-10-22-16-4-2-1-3-15(12)16/h1-8,10,17,22H,9,11H2,(H,23,26)(H,24,28). The molecule has 4 amide bonds. The summed E-state index contributed by atoms with van der Waals surface area (Å²) in [6.07, 6.45) is 2.20. The number of fused-ring (bicyclic) bond motifs is 1. The first-order valence-corrected chi connectivity index (χ1v) is 9.53. The highest BCUT2D eigenvalue weighted by molar-refractivity contribution is 9.10. The summed E-state index contributed by atoms with van der Waals surface area (Å²) in [5.41, 5.74) is 2.51. The van der Waals surface area contributed by atoms with Crippen molar-refractivity contribution >= 4 is 50.4 Å². The molecule has 0 radical (unpaired) electrons. The van der Waals surface area contributed by atoms with Crippen LogP contribution < -0.4 is 10.6 Å². The molecule has 0 saturated carbocycles. The van der Waals surface area contributed by atoms with E-state index in [-0.39, 0.29) is 6.54 Å². The zero-order chi connectivity index (χ0) is 19.7. The smallest absolute Gasteiger partial charge is 0.325 e. The molecule has 2 aromatic carbocycles. The van der Waals surface area contributed by atoms with Gasteiger partial charge in [-0.15, -0.1) is 0 Å². The number of carbonyl (C=O) groups excluding carboxylic acids is 3. The van der Waals surface area contributed by atoms with Crippen LogP contribution >= 0.6 is 15.9 Å². The van der Waals surface area contributed by atoms with Crippen LogP contribution in [-0.4, -0.2) is 40.3 Å². The predicted octanol–water partition coefficient (Wildman–Crippen LogP) is 3.03. The molecule has 0 aliphatic carbocycles. The Morgan fingerprint density at radius 2 is 1.86 bits per heavy atom. The molecule has 1 atom stereocenters. The van der Waals surface area contributed by atoms with Crippen LogP contribution in [-0.2, 0) is 16.0 Å². The Kier molecular flexibility index (Phi) is 4.87. The number of benzene rings is 2. The van der Waals surface area contributed by atoms with Crippen molar-refractivity contribution in [2.24, 2.45) is 0 Å². The van der Waals surface area contributed by atoms with Gasteiger partial charge in [-0.1, -0.05) is 34.1 Å². The Balaban J connectivity index is 1.42. The van der Waals surface area contributed by atoms with Gasteiger partial charge >= 0.3 is 6.03 Å². The second-order valence-electron chi connectivity index (χ2n) is 6.55. The van der Waals surface area contributed by atoms with Crippen molar-refractivity contribution in [2.45, 2.75) is 12.5 Å². The SMILES string of the molecule is O=C(CN1C(=O)NC(Cc2c[nH]c3ccccc23)C1=O)Nc1ccc(Br)cc1. The molecule has 3 aromatic rings. The molecule has 1 unspecified atom stereocenters. The summed E-state index contributed by atoms with van der Waals surface area (Å²) >= 11 is 3.32. The fourth-order valence-electron chi connectivity index (χ4n) is 3.26. The number of hydrogen-bond acceptors (Lipinski definition) is 3. The number of H-pyrrole nitrogens is 1. The van der Waals surface area contributed by atoms with E-state index in [0.29, 0.717) is 12.1 Å². The summed E-state index contributed by atoms with van der Waals surface area (Å²) in [5, 5.41) is 6.36. The number of aromatic amines is 1. The number of halogens is 1. The highest BCUT2D eigenvalue weighted by atomic mass is 79.9. The molecular weight excluding hydrogens is 424 g/mol. The average Bonchev–Trinajstić information content (AvgIpc) is 3.20. The Bertz CT molecular complexity index is 1060. The number of anilines is 1. The molecule has 1 aromatic heterocycles. The van der Waals surface area contributed by atoms with E-state index in [9.17, 15) is 14.4 Å². The molecule has 1 fully saturated rings. The van der Waals surface area contributed by atoms with E-state index in [0.717, 1.165) is 25.8 Å². The van der Waals surface area contributed by atoms with Crippen LogP contribution in [0.5, 0.6) is 0 Å². The quantitative estimate of drug-likeness (QED) is 0.532. The molecule has 1 aliphatic heterocycles. The van der Waals surface area contributed by atoms with E-state index >= 15 is 0 Å². The number of aromatic nitrogens is 1. The fourth-order valence-corrected chi connectivity index (χ4v) is 3.53. The normalized spacial score (nSPS) is 16.5. The maximum absolute atomic E-state index is 12.7. The number of urea groups is 1. The van der Waals surface area contributed by atoms with Gasteiger partial charge in [0.15, 0.2) is 0 Å². The Hall–Kier alpha value is -3.13. The summed E-state index contributed by atoms with van der Waals surface area (Å²) in [4.78, 5) is 41.2. The maximum atomic E-state index is 12.7. The molecule has 8 heteroatoms. The largest absolute Gasteiger partial charge is 0.361 e. The zero-order valence-electron chi connectivity index (χ0n) is 14.7. The molecule has 0 spiro atoms. The van der Waals surface area contributed by atoms with Gasteiger partial charge in [0.25, 0.3) is 5.91 Å². The van der Waals surface area contributed by atoms with Crippen LogP contribution in [0, 0.1) is 0 Å². The minimum absolute atomic E-state index is 0.328. The Morgan fingerprint density at radius 3 is 2.64 bits per heavy atom. The van der Waals surface area contributed by atoms with E-state index < -0.39 is 23.9 Å². The van der Waals surface area contributed by atoms with Gasteiger partial charge in [0.1, 0.15) is 12.6 Å². The summed E-state index contributed by atoms with van der Waals surface area (Å²) in [5.74, 6) is -0.834. The number of para-hydroxylation sites is 1. The topological polar surface area (TPSA) is 94.3 Å². The van der Waals surface area contributed by atoms with E-state index in [4.69, 9.17) is 0 Å². The second-order valence-corrected chi connectivity index (χ2v) is 7.46. The monoisotopic (exact) mass is 440 g/mol. The molecule has 7 nitrogen and oxygen atoms in total. The van der Waals surface area contributed by atoms with Crippen LogP contribution in [0.1, 0.15) is 5.56 Å². The molecule has 28 heavy (non-hydrogen) atoms. The molecule has 0 bridgehead atoms. The molecule has 1 aliphatic rings. The fraction of sp³-hybridized carbons (Fsp3) is 0.150. The summed E-state index contributed by atoms with van der Waals surface area (Å²) < 4.78 is 0.889. The Labute approximate surface area is 169 Å². The number of carbonyl (C=O) groups is 3. The minimum atomic E-state index is -0.688. The molecule has 142 valence electrons. The van der Waals surface area contributed by atoms with E-state index in [1.54, 1.807) is 24.3 Å². The lowest BCUT2D eigenvalue weighted by atomic mass is 10.1. The van der Waals surface area contributed by atoms with E-state index in [2.05, 4.69) is 31.5 Å². The number of nitrogens with zero attached hydrogens (tertiary/aromatic N) is 1. The van der Waals surface area contributed by atoms with Crippen molar-refractivity contribution < 1.29 is 14.4 Å². The first-order chi connectivity index (χ1) is 13.5. The zero-order valence-corrected chi connectivity index (χ0v) is 16.3. The van der Waals surface area contributed by atoms with Gasteiger partial charge in [-0.05, 0) is 35.9 Å². The lowest BCUT2D eigenvalue weighted by Gasteiger charge is -2.13. The molecule has 2 heterocycles. The van der Waals surface area contributed by atoms with Crippen molar-refractivity contribution in [3.05, 3.63) is 64.8 Å². The van der Waals surface area contributed by atoms with Gasteiger partial charge in [-0.3, -0.25) is 14.5 Å². The molecule has 3 N–H and O–H groups in total. The highest BCUT2D eigenvalue weighted by Crippen LogP contribution is 2.21. The third-order valence-electron chi connectivity index (χ3n) is 4.64. The van der Waals surface area contributed by atoms with Gasteiger partial charge < -0.3 is 15.6 Å². The van der Waals surface area contributed by atoms with Crippen LogP contribution in [0.3, 0.4) is 0 Å². The van der Waals surface area contributed by atoms with E-state index in [1.165, 1.54) is 0 Å². The third kappa shape index (κ3) is 3.63. The first kappa shape index (κ1) is 18.2. The van der Waals surface area contributed by atoms with Gasteiger partial charge in [-0.25, -0.2) is 4.79 Å². The summed E-state index contributed by atoms with van der Waals surface area (Å²) in [7, 11) is 0. The summed E-state index contributed by atoms with van der Waals surface area (Å²) in [6.45, 7) is -0.328. The Morgan fingerprint density at radius 1 is 1.11 bits per heavy atom. The van der Waals surface area contributed by atoms with Gasteiger partial charge in [0, 0.05) is 33.7 Å². The van der Waals surface area contributed by atoms with Crippen molar-refractivity contribution in [1.29, 1.82) is 0 Å². The predicted molar refractivity (Wildman–Crippen MR) is 109 cm³/mol. The minimum Gasteiger partial charge on any atom is -0.361 e. The van der Waals surface area contributed by atoms with Gasteiger partial charge in [0.05, 0.1) is 0 Å². The molecular formula is C20H17BrN4O3. The van der Waals surface area contributed by atoms with Crippen LogP contribution in [0.25, 0.3) is 10.9 Å². The number of nitrogens with one attached hydrogen (secondary N) is 3. The average molecular weight is 441 g/mol. The van der Waals surface area contributed by atoms with Crippen molar-refractivity contribution in [1.82, 2.24) is 15.2 Å².